The molecule has 2 nitrogen and oxygen atoms in total. The number of hydrogen-bond acceptors (Lipinski definition) is 2. The van der Waals surface area contributed by atoms with E-state index in [4.69, 9.17) is 4.74 Å². The Balaban J connectivity index is 2.10. The Morgan fingerprint density at radius 3 is 2.73 bits per heavy atom. The van der Waals surface area contributed by atoms with Crippen molar-refractivity contribution in [2.75, 3.05) is 0 Å². The molecule has 2 atom stereocenters. The molecule has 0 N–H and O–H groups in total. The molecule has 1 aliphatic rings. The van der Waals surface area contributed by atoms with Gasteiger partial charge in [0, 0.05) is 0 Å². The average molecular weight is 154 g/mol. The minimum atomic E-state index is 0.110. The Kier molecular flexibility index (Phi) is 2.83. The molecule has 1 heterocycles. The van der Waals surface area contributed by atoms with Crippen LogP contribution in [0.25, 0.3) is 0 Å². The highest BCUT2D eigenvalue weighted by molar-refractivity contribution is 5.87. The number of ether oxygens (including phenoxy) is 1. The lowest BCUT2D eigenvalue weighted by atomic mass is 10.2. The molecular weight excluding hydrogens is 140 g/mol. The Hall–Kier alpha value is -0.630. The van der Waals surface area contributed by atoms with Crippen molar-refractivity contribution in [2.24, 2.45) is 0 Å². The molecule has 0 aromatic carbocycles. The number of hydrogen-bond donors (Lipinski definition) is 0. The minimum Gasteiger partial charge on any atom is -0.369 e. The van der Waals surface area contributed by atoms with E-state index in [1.54, 1.807) is 13.0 Å². The van der Waals surface area contributed by atoms with Crippen LogP contribution in [0.3, 0.4) is 0 Å². The van der Waals surface area contributed by atoms with Crippen LogP contribution < -0.4 is 0 Å². The molecule has 0 aromatic rings. The third kappa shape index (κ3) is 2.85. The first-order valence-electron chi connectivity index (χ1n) is 4.06. The van der Waals surface area contributed by atoms with Gasteiger partial charge in [0.05, 0.1) is 12.2 Å². The lowest BCUT2D eigenvalue weighted by molar-refractivity contribution is -0.112. The quantitative estimate of drug-likeness (QED) is 0.455. The molecule has 62 valence electrons. The summed E-state index contributed by atoms with van der Waals surface area (Å²) >= 11 is 0. The second-order valence-electron chi connectivity index (χ2n) is 2.87. The van der Waals surface area contributed by atoms with Crippen molar-refractivity contribution in [3.8, 4) is 0 Å². The highest BCUT2D eigenvalue weighted by atomic mass is 16.6. The lowest BCUT2D eigenvalue weighted by Gasteiger charge is -1.83. The molecule has 0 saturated carbocycles. The zero-order valence-electron chi connectivity index (χ0n) is 7.04. The fourth-order valence-electron chi connectivity index (χ4n) is 1.11. The minimum absolute atomic E-state index is 0.110. The molecule has 0 bridgehead atoms. The van der Waals surface area contributed by atoms with Gasteiger partial charge in [0.2, 0.25) is 0 Å². The van der Waals surface area contributed by atoms with Crippen LogP contribution in [0.5, 0.6) is 0 Å². The Bertz CT molecular complexity index is 172. The first kappa shape index (κ1) is 8.47. The van der Waals surface area contributed by atoms with Crippen LogP contribution in [0.2, 0.25) is 0 Å². The van der Waals surface area contributed by atoms with E-state index in [0.29, 0.717) is 12.2 Å². The van der Waals surface area contributed by atoms with Crippen molar-refractivity contribution >= 4 is 5.78 Å². The smallest absolute Gasteiger partial charge is 0.152 e. The highest BCUT2D eigenvalue weighted by Gasteiger charge is 2.35. The van der Waals surface area contributed by atoms with Crippen LogP contribution in [0.1, 0.15) is 26.7 Å². The number of carbonyl (C=O) groups excluding carboxylic acids is 1. The van der Waals surface area contributed by atoms with E-state index in [-0.39, 0.29) is 5.78 Å². The molecule has 11 heavy (non-hydrogen) atoms. The van der Waals surface area contributed by atoms with E-state index in [1.165, 1.54) is 0 Å². The number of carbonyl (C=O) groups is 1. The summed E-state index contributed by atoms with van der Waals surface area (Å²) in [5.41, 5.74) is 0. The third-order valence-electron chi connectivity index (χ3n) is 1.81. The summed E-state index contributed by atoms with van der Waals surface area (Å²) in [6.45, 7) is 3.67. The van der Waals surface area contributed by atoms with E-state index < -0.39 is 0 Å². The van der Waals surface area contributed by atoms with Gasteiger partial charge in [-0.05, 0) is 25.8 Å². The standard InChI is InChI=1S/C9H14O2/c1-3-8-9(11-8)6-4-5-7(2)10/h4-5,8-9H,3,6H2,1-2H3/b5-4-/t8-,9+/m1/s1. The van der Waals surface area contributed by atoms with E-state index in [0.717, 1.165) is 12.8 Å². The summed E-state index contributed by atoms with van der Waals surface area (Å²) in [7, 11) is 0. The van der Waals surface area contributed by atoms with Crippen molar-refractivity contribution in [3.63, 3.8) is 0 Å². The monoisotopic (exact) mass is 154 g/mol. The fraction of sp³-hybridized carbons (Fsp3) is 0.667. The lowest BCUT2D eigenvalue weighted by Crippen LogP contribution is -1.90. The predicted molar refractivity (Wildman–Crippen MR) is 43.4 cm³/mol. The number of ketones is 1. The maximum atomic E-state index is 10.5. The van der Waals surface area contributed by atoms with Gasteiger partial charge in [0.1, 0.15) is 0 Å². The van der Waals surface area contributed by atoms with Crippen LogP contribution in [0, 0.1) is 0 Å². The first-order valence-corrected chi connectivity index (χ1v) is 4.06. The van der Waals surface area contributed by atoms with Crippen LogP contribution in [0.4, 0.5) is 0 Å². The van der Waals surface area contributed by atoms with Gasteiger partial charge in [0.25, 0.3) is 0 Å². The summed E-state index contributed by atoms with van der Waals surface area (Å²) in [4.78, 5) is 10.5. The number of epoxide rings is 1. The van der Waals surface area contributed by atoms with Gasteiger partial charge in [-0.2, -0.15) is 0 Å². The van der Waals surface area contributed by atoms with Crippen LogP contribution >= 0.6 is 0 Å². The SMILES string of the molecule is CC[C@H]1O[C@H]1C/C=C\C(C)=O. The van der Waals surface area contributed by atoms with E-state index in [2.05, 4.69) is 6.92 Å². The molecule has 1 rings (SSSR count). The summed E-state index contributed by atoms with van der Waals surface area (Å²) in [6.07, 6.45) is 6.30. The van der Waals surface area contributed by atoms with Crippen LogP contribution in [0.15, 0.2) is 12.2 Å². The molecule has 0 unspecified atom stereocenters. The van der Waals surface area contributed by atoms with Gasteiger partial charge in [-0.1, -0.05) is 13.0 Å². The summed E-state index contributed by atoms with van der Waals surface area (Å²) in [5, 5.41) is 0. The molecule has 2 heteroatoms. The molecule has 0 radical (unpaired) electrons. The van der Waals surface area contributed by atoms with Gasteiger partial charge in [0.15, 0.2) is 5.78 Å². The predicted octanol–water partition coefficient (Wildman–Crippen LogP) is 1.70. The zero-order chi connectivity index (χ0) is 8.27. The molecule has 0 amide bonds. The molecule has 0 spiro atoms. The summed E-state index contributed by atoms with van der Waals surface area (Å²) in [6, 6.07) is 0. The van der Waals surface area contributed by atoms with Crippen molar-refractivity contribution in [3.05, 3.63) is 12.2 Å². The number of rotatable bonds is 4. The van der Waals surface area contributed by atoms with Gasteiger partial charge >= 0.3 is 0 Å². The van der Waals surface area contributed by atoms with Crippen molar-refractivity contribution < 1.29 is 9.53 Å². The Morgan fingerprint density at radius 1 is 1.55 bits per heavy atom. The maximum absolute atomic E-state index is 10.5. The van der Waals surface area contributed by atoms with E-state index in [1.807, 2.05) is 6.08 Å². The molecule has 1 aliphatic heterocycles. The normalized spacial score (nSPS) is 29.3. The summed E-state index contributed by atoms with van der Waals surface area (Å²) in [5.74, 6) is 0.110. The van der Waals surface area contributed by atoms with Crippen LogP contribution in [-0.2, 0) is 9.53 Å². The number of allylic oxidation sites excluding steroid dienone is 1. The van der Waals surface area contributed by atoms with Crippen LogP contribution in [-0.4, -0.2) is 18.0 Å². The van der Waals surface area contributed by atoms with Gasteiger partial charge in [-0.3, -0.25) is 4.79 Å². The topological polar surface area (TPSA) is 29.6 Å². The second-order valence-corrected chi connectivity index (χ2v) is 2.87. The van der Waals surface area contributed by atoms with Crippen molar-refractivity contribution in [1.29, 1.82) is 0 Å². The maximum Gasteiger partial charge on any atom is 0.152 e. The first-order chi connectivity index (χ1) is 5.24. The molecule has 0 aromatic heterocycles. The second kappa shape index (κ2) is 3.67. The molecule has 0 aliphatic carbocycles. The van der Waals surface area contributed by atoms with Crippen molar-refractivity contribution in [1.82, 2.24) is 0 Å². The Morgan fingerprint density at radius 2 is 2.27 bits per heavy atom. The fourth-order valence-corrected chi connectivity index (χ4v) is 1.11. The third-order valence-corrected chi connectivity index (χ3v) is 1.81. The molecular formula is C9H14O2. The Labute approximate surface area is 67.2 Å². The van der Waals surface area contributed by atoms with Gasteiger partial charge in [-0.25, -0.2) is 0 Å². The van der Waals surface area contributed by atoms with Gasteiger partial charge in [-0.15, -0.1) is 0 Å². The zero-order valence-corrected chi connectivity index (χ0v) is 7.04. The largest absolute Gasteiger partial charge is 0.369 e. The molecule has 1 saturated heterocycles. The van der Waals surface area contributed by atoms with E-state index >= 15 is 0 Å². The van der Waals surface area contributed by atoms with Crippen molar-refractivity contribution in [2.45, 2.75) is 38.9 Å². The summed E-state index contributed by atoms with van der Waals surface area (Å²) < 4.78 is 5.29. The highest BCUT2D eigenvalue weighted by Crippen LogP contribution is 2.27. The molecule has 1 fully saturated rings. The van der Waals surface area contributed by atoms with E-state index in [9.17, 15) is 4.79 Å². The van der Waals surface area contributed by atoms with Gasteiger partial charge < -0.3 is 4.74 Å². The average Bonchev–Trinajstić information content (AvgIpc) is 2.66.